The average Bonchev–Trinajstić information content (AvgIpc) is 2.38. The lowest BCUT2D eigenvalue weighted by Crippen LogP contribution is -2.13. The Kier molecular flexibility index (Phi) is 3.41. The van der Waals surface area contributed by atoms with E-state index in [4.69, 9.17) is 0 Å². The van der Waals surface area contributed by atoms with Crippen molar-refractivity contribution in [2.75, 3.05) is 0 Å². The summed E-state index contributed by atoms with van der Waals surface area (Å²) in [5.74, 6) is -2.65. The van der Waals surface area contributed by atoms with Crippen LogP contribution in [-0.2, 0) is 0 Å². The molecule has 1 heterocycles. The molecule has 0 amide bonds. The molecule has 1 aromatic carbocycles. The number of rotatable bonds is 3. The summed E-state index contributed by atoms with van der Waals surface area (Å²) in [6, 6.07) is 2.89. The Labute approximate surface area is 103 Å². The molecule has 1 aromatic heterocycles. The fourth-order valence-corrected chi connectivity index (χ4v) is 1.59. The number of ketones is 1. The molecule has 92 valence electrons. The van der Waals surface area contributed by atoms with Crippen LogP contribution in [0.4, 0.5) is 8.78 Å². The van der Waals surface area contributed by atoms with Crippen LogP contribution in [0, 0.1) is 11.6 Å². The molecule has 0 spiro atoms. The Bertz CT molecular complexity index is 572. The van der Waals surface area contributed by atoms with Gasteiger partial charge in [0.25, 0.3) is 0 Å². The smallest absolute Gasteiger partial charge is 0.174 e. The van der Waals surface area contributed by atoms with Crippen molar-refractivity contribution in [1.29, 1.82) is 0 Å². The minimum atomic E-state index is -0.865. The number of benzene rings is 1. The van der Waals surface area contributed by atoms with E-state index in [2.05, 4.69) is 9.97 Å². The SMILES string of the molecule is CC(C(=O)c1ccc(F)cc1F)c1cnccn1. The monoisotopic (exact) mass is 248 g/mol. The van der Waals surface area contributed by atoms with Crippen molar-refractivity contribution in [1.82, 2.24) is 9.97 Å². The van der Waals surface area contributed by atoms with E-state index >= 15 is 0 Å². The molecule has 0 aliphatic carbocycles. The highest BCUT2D eigenvalue weighted by Crippen LogP contribution is 2.20. The van der Waals surface area contributed by atoms with E-state index in [1.54, 1.807) is 6.92 Å². The van der Waals surface area contributed by atoms with E-state index < -0.39 is 23.3 Å². The number of aromatic nitrogens is 2. The highest BCUT2D eigenvalue weighted by molar-refractivity contribution is 6.00. The summed E-state index contributed by atoms with van der Waals surface area (Å²) < 4.78 is 26.2. The summed E-state index contributed by atoms with van der Waals surface area (Å²) in [6.07, 6.45) is 4.39. The number of carbonyl (C=O) groups is 1. The first kappa shape index (κ1) is 12.3. The van der Waals surface area contributed by atoms with Gasteiger partial charge in [0.05, 0.1) is 17.2 Å². The summed E-state index contributed by atoms with van der Waals surface area (Å²) >= 11 is 0. The molecule has 0 N–H and O–H groups in total. The molecule has 0 radical (unpaired) electrons. The van der Waals surface area contributed by atoms with Crippen molar-refractivity contribution in [3.05, 3.63) is 59.7 Å². The maximum absolute atomic E-state index is 13.5. The molecular weight excluding hydrogens is 238 g/mol. The van der Waals surface area contributed by atoms with E-state index in [9.17, 15) is 13.6 Å². The van der Waals surface area contributed by atoms with E-state index in [-0.39, 0.29) is 5.56 Å². The molecule has 0 aliphatic rings. The second kappa shape index (κ2) is 5.00. The van der Waals surface area contributed by atoms with Gasteiger partial charge in [-0.3, -0.25) is 14.8 Å². The van der Waals surface area contributed by atoms with Crippen LogP contribution in [0.15, 0.2) is 36.8 Å². The van der Waals surface area contributed by atoms with Gasteiger partial charge >= 0.3 is 0 Å². The largest absolute Gasteiger partial charge is 0.293 e. The highest BCUT2D eigenvalue weighted by Gasteiger charge is 2.21. The summed E-state index contributed by atoms with van der Waals surface area (Å²) in [6.45, 7) is 1.61. The molecular formula is C13H10F2N2O. The van der Waals surface area contributed by atoms with Crippen molar-refractivity contribution in [2.45, 2.75) is 12.8 Å². The van der Waals surface area contributed by atoms with Crippen LogP contribution in [0.25, 0.3) is 0 Å². The predicted octanol–water partition coefficient (Wildman–Crippen LogP) is 2.74. The Hall–Kier alpha value is -2.17. The molecule has 5 heteroatoms. The maximum Gasteiger partial charge on any atom is 0.174 e. The van der Waals surface area contributed by atoms with Crippen molar-refractivity contribution >= 4 is 5.78 Å². The number of carbonyl (C=O) groups excluding carboxylic acids is 1. The van der Waals surface area contributed by atoms with Gasteiger partial charge in [0, 0.05) is 24.7 Å². The highest BCUT2D eigenvalue weighted by atomic mass is 19.1. The van der Waals surface area contributed by atoms with Gasteiger partial charge in [0.1, 0.15) is 11.6 Å². The third kappa shape index (κ3) is 2.40. The summed E-state index contributed by atoms with van der Waals surface area (Å²) in [4.78, 5) is 19.9. The first-order chi connectivity index (χ1) is 8.59. The predicted molar refractivity (Wildman–Crippen MR) is 61.1 cm³/mol. The first-order valence-electron chi connectivity index (χ1n) is 5.35. The van der Waals surface area contributed by atoms with E-state index in [1.165, 1.54) is 18.6 Å². The molecule has 2 aromatic rings. The topological polar surface area (TPSA) is 42.9 Å². The molecule has 2 rings (SSSR count). The van der Waals surface area contributed by atoms with Crippen LogP contribution in [-0.4, -0.2) is 15.8 Å². The molecule has 18 heavy (non-hydrogen) atoms. The van der Waals surface area contributed by atoms with Gasteiger partial charge in [-0.05, 0) is 19.1 Å². The molecule has 0 aliphatic heterocycles. The molecule has 1 atom stereocenters. The third-order valence-electron chi connectivity index (χ3n) is 2.62. The number of hydrogen-bond donors (Lipinski definition) is 0. The third-order valence-corrected chi connectivity index (χ3v) is 2.62. The quantitative estimate of drug-likeness (QED) is 0.784. The van der Waals surface area contributed by atoms with Crippen LogP contribution in [0.2, 0.25) is 0 Å². The fraction of sp³-hybridized carbons (Fsp3) is 0.154. The Morgan fingerprint density at radius 3 is 2.67 bits per heavy atom. The van der Waals surface area contributed by atoms with Crippen molar-refractivity contribution < 1.29 is 13.6 Å². The van der Waals surface area contributed by atoms with Gasteiger partial charge < -0.3 is 0 Å². The van der Waals surface area contributed by atoms with E-state index in [1.807, 2.05) is 0 Å². The van der Waals surface area contributed by atoms with Crippen LogP contribution >= 0.6 is 0 Å². The van der Waals surface area contributed by atoms with Gasteiger partial charge in [-0.15, -0.1) is 0 Å². The van der Waals surface area contributed by atoms with Gasteiger partial charge in [0.2, 0.25) is 0 Å². The fourth-order valence-electron chi connectivity index (χ4n) is 1.59. The lowest BCUT2D eigenvalue weighted by molar-refractivity contribution is 0.0960. The van der Waals surface area contributed by atoms with E-state index in [0.717, 1.165) is 12.1 Å². The molecule has 0 bridgehead atoms. The van der Waals surface area contributed by atoms with Gasteiger partial charge in [-0.2, -0.15) is 0 Å². The van der Waals surface area contributed by atoms with Crippen molar-refractivity contribution in [3.8, 4) is 0 Å². The minimum absolute atomic E-state index is 0.144. The number of Topliss-reactive ketones (excluding diaryl/α,β-unsaturated/α-hetero) is 1. The molecule has 0 saturated heterocycles. The molecule has 1 unspecified atom stereocenters. The number of nitrogens with zero attached hydrogens (tertiary/aromatic N) is 2. The maximum atomic E-state index is 13.5. The normalized spacial score (nSPS) is 12.2. The molecule has 3 nitrogen and oxygen atoms in total. The van der Waals surface area contributed by atoms with Crippen LogP contribution in [0.3, 0.4) is 0 Å². The van der Waals surface area contributed by atoms with Crippen LogP contribution in [0.1, 0.15) is 28.9 Å². The summed E-state index contributed by atoms with van der Waals surface area (Å²) in [5.41, 5.74) is 0.306. The Balaban J connectivity index is 2.32. The average molecular weight is 248 g/mol. The Morgan fingerprint density at radius 1 is 1.28 bits per heavy atom. The van der Waals surface area contributed by atoms with Crippen molar-refractivity contribution in [2.24, 2.45) is 0 Å². The van der Waals surface area contributed by atoms with E-state index in [0.29, 0.717) is 11.8 Å². The molecule has 0 saturated carbocycles. The standard InChI is InChI=1S/C13H10F2N2O/c1-8(12-7-16-4-5-17-12)13(18)10-3-2-9(14)6-11(10)15/h2-8H,1H3. The Morgan fingerprint density at radius 2 is 2.06 bits per heavy atom. The summed E-state index contributed by atoms with van der Waals surface area (Å²) in [5, 5.41) is 0. The number of halogens is 2. The van der Waals surface area contributed by atoms with Gasteiger partial charge in [0.15, 0.2) is 5.78 Å². The lowest BCUT2D eigenvalue weighted by Gasteiger charge is -2.09. The first-order valence-corrected chi connectivity index (χ1v) is 5.35. The zero-order valence-corrected chi connectivity index (χ0v) is 9.60. The number of hydrogen-bond acceptors (Lipinski definition) is 3. The minimum Gasteiger partial charge on any atom is -0.293 e. The second-order valence-electron chi connectivity index (χ2n) is 3.84. The van der Waals surface area contributed by atoms with Crippen LogP contribution < -0.4 is 0 Å². The zero-order valence-electron chi connectivity index (χ0n) is 9.60. The van der Waals surface area contributed by atoms with Crippen molar-refractivity contribution in [3.63, 3.8) is 0 Å². The van der Waals surface area contributed by atoms with Gasteiger partial charge in [-0.1, -0.05) is 0 Å². The van der Waals surface area contributed by atoms with Gasteiger partial charge in [-0.25, -0.2) is 8.78 Å². The van der Waals surface area contributed by atoms with Crippen LogP contribution in [0.5, 0.6) is 0 Å². The second-order valence-corrected chi connectivity index (χ2v) is 3.84. The zero-order chi connectivity index (χ0) is 13.1. The molecule has 0 fully saturated rings. The summed E-state index contributed by atoms with van der Waals surface area (Å²) in [7, 11) is 0. The lowest BCUT2D eigenvalue weighted by atomic mass is 9.96.